The molecule has 0 aromatic rings. The Labute approximate surface area is 79.9 Å². The minimum atomic E-state index is -1.08. The largest absolute Gasteiger partial charge is 0.481 e. The molecule has 0 amide bonds. The molecule has 0 saturated heterocycles. The van der Waals surface area contributed by atoms with Crippen molar-refractivity contribution in [1.82, 2.24) is 0 Å². The van der Waals surface area contributed by atoms with Gasteiger partial charge in [-0.3, -0.25) is 9.59 Å². The van der Waals surface area contributed by atoms with Gasteiger partial charge in [-0.05, 0) is 0 Å². The topological polar surface area (TPSA) is 121 Å². The van der Waals surface area contributed by atoms with E-state index in [0.29, 0.717) is 0 Å². The quantitative estimate of drug-likeness (QED) is 0.564. The zero-order chi connectivity index (χ0) is 11.6. The molecule has 0 unspecified atom stereocenters. The minimum absolute atomic E-state index is 0.208. The van der Waals surface area contributed by atoms with Crippen molar-refractivity contribution in [3.8, 4) is 0 Å². The van der Waals surface area contributed by atoms with E-state index in [1.807, 2.05) is 0 Å². The summed E-state index contributed by atoms with van der Waals surface area (Å²) in [6.07, 6.45) is -0.593. The molecule has 0 heterocycles. The first-order valence-electron chi connectivity index (χ1n) is 3.54. The zero-order valence-electron chi connectivity index (χ0n) is 7.60. The first kappa shape index (κ1) is 14.9. The van der Waals surface area contributed by atoms with E-state index >= 15 is 0 Å². The molecule has 0 aliphatic heterocycles. The summed E-state index contributed by atoms with van der Waals surface area (Å²) >= 11 is 0. The molecule has 7 heteroatoms. The second-order valence-electron chi connectivity index (χ2n) is 2.11. The molecule has 0 aliphatic carbocycles. The van der Waals surface area contributed by atoms with Gasteiger partial charge in [-0.25, -0.2) is 4.79 Å². The zero-order valence-corrected chi connectivity index (χ0v) is 7.60. The highest BCUT2D eigenvalue weighted by Gasteiger charge is 2.00. The van der Waals surface area contributed by atoms with Crippen molar-refractivity contribution >= 4 is 17.9 Å². The molecule has 82 valence electrons. The molecular weight excluding hydrogens is 196 g/mol. The lowest BCUT2D eigenvalue weighted by Gasteiger charge is -1.85. The van der Waals surface area contributed by atoms with E-state index in [9.17, 15) is 14.4 Å². The lowest BCUT2D eigenvalue weighted by atomic mass is 10.3. The van der Waals surface area contributed by atoms with Gasteiger partial charge in [0.1, 0.15) is 6.61 Å². The summed E-state index contributed by atoms with van der Waals surface area (Å²) in [6.45, 7) is -0.208. The van der Waals surface area contributed by atoms with Crippen LogP contribution < -0.4 is 0 Å². The number of carbonyl (C=O) groups is 3. The van der Waals surface area contributed by atoms with Gasteiger partial charge in [-0.15, -0.1) is 0 Å². The fourth-order valence-corrected chi connectivity index (χ4v) is 0.337. The van der Waals surface area contributed by atoms with E-state index in [1.54, 1.807) is 0 Å². The van der Waals surface area contributed by atoms with Crippen molar-refractivity contribution in [2.75, 3.05) is 13.7 Å². The Morgan fingerprint density at radius 2 is 1.29 bits per heavy atom. The Kier molecular flexibility index (Phi) is 10.0. The van der Waals surface area contributed by atoms with Crippen LogP contribution in [0.1, 0.15) is 12.8 Å². The van der Waals surface area contributed by atoms with Gasteiger partial charge < -0.3 is 20.1 Å². The van der Waals surface area contributed by atoms with E-state index in [0.717, 1.165) is 0 Å². The average molecular weight is 208 g/mol. The molecular formula is C7H12O7. The van der Waals surface area contributed by atoms with E-state index in [2.05, 4.69) is 4.74 Å². The second-order valence-corrected chi connectivity index (χ2v) is 2.11. The van der Waals surface area contributed by atoms with Gasteiger partial charge in [0, 0.05) is 7.11 Å². The number of carboxylic acids is 3. The van der Waals surface area contributed by atoms with Crippen LogP contribution in [0, 0.1) is 0 Å². The summed E-state index contributed by atoms with van der Waals surface area (Å²) in [6, 6.07) is 0. The maximum absolute atomic E-state index is 9.64. The van der Waals surface area contributed by atoms with Crippen molar-refractivity contribution in [1.29, 1.82) is 0 Å². The van der Waals surface area contributed by atoms with Crippen LogP contribution in [0.3, 0.4) is 0 Å². The Hall–Kier alpha value is -1.63. The maximum Gasteiger partial charge on any atom is 0.329 e. The van der Waals surface area contributed by atoms with E-state index < -0.39 is 17.9 Å². The lowest BCUT2D eigenvalue weighted by Crippen LogP contribution is -2.02. The lowest BCUT2D eigenvalue weighted by molar-refractivity contribution is -0.143. The summed E-state index contributed by atoms with van der Waals surface area (Å²) in [5.74, 6) is -3.09. The number of methoxy groups -OCH3 is 1. The van der Waals surface area contributed by atoms with Crippen LogP contribution in [0.5, 0.6) is 0 Å². The third-order valence-corrected chi connectivity index (χ3v) is 0.821. The smallest absolute Gasteiger partial charge is 0.329 e. The third-order valence-electron chi connectivity index (χ3n) is 0.821. The SMILES string of the molecule is COCC(=O)O.O=C(O)CCC(=O)O. The summed E-state index contributed by atoms with van der Waals surface area (Å²) < 4.78 is 4.20. The van der Waals surface area contributed by atoms with Gasteiger partial charge in [-0.2, -0.15) is 0 Å². The molecule has 0 rings (SSSR count). The summed E-state index contributed by atoms with van der Waals surface area (Å²) in [7, 11) is 1.34. The Morgan fingerprint density at radius 3 is 1.36 bits per heavy atom. The molecule has 0 bridgehead atoms. The first-order valence-corrected chi connectivity index (χ1v) is 3.54. The van der Waals surface area contributed by atoms with Crippen LogP contribution in [-0.2, 0) is 19.1 Å². The molecule has 0 aromatic carbocycles. The molecule has 0 fully saturated rings. The van der Waals surface area contributed by atoms with Gasteiger partial charge in [0.05, 0.1) is 12.8 Å². The fourth-order valence-electron chi connectivity index (χ4n) is 0.337. The van der Waals surface area contributed by atoms with Crippen molar-refractivity contribution in [3.63, 3.8) is 0 Å². The van der Waals surface area contributed by atoms with E-state index in [-0.39, 0.29) is 19.4 Å². The molecule has 0 aliphatic rings. The van der Waals surface area contributed by atoms with Crippen LogP contribution in [0.4, 0.5) is 0 Å². The van der Waals surface area contributed by atoms with Gasteiger partial charge in [0.2, 0.25) is 0 Å². The number of ether oxygens (including phenoxy) is 1. The number of hydrogen-bond donors (Lipinski definition) is 3. The van der Waals surface area contributed by atoms with E-state index in [1.165, 1.54) is 7.11 Å². The monoisotopic (exact) mass is 208 g/mol. The molecule has 14 heavy (non-hydrogen) atoms. The summed E-state index contributed by atoms with van der Waals surface area (Å²) in [5.41, 5.74) is 0. The summed E-state index contributed by atoms with van der Waals surface area (Å²) in [5, 5.41) is 23.6. The molecule has 3 N–H and O–H groups in total. The normalized spacial score (nSPS) is 8.36. The highest BCUT2D eigenvalue weighted by atomic mass is 16.5. The maximum atomic E-state index is 9.64. The molecule has 7 nitrogen and oxygen atoms in total. The highest BCUT2D eigenvalue weighted by molar-refractivity contribution is 5.75. The van der Waals surface area contributed by atoms with Crippen molar-refractivity contribution < 1.29 is 34.4 Å². The average Bonchev–Trinajstić information content (AvgIpc) is 2.01. The van der Waals surface area contributed by atoms with Crippen molar-refractivity contribution in [3.05, 3.63) is 0 Å². The number of carboxylic acid groups (broad SMARTS) is 3. The van der Waals surface area contributed by atoms with Gasteiger partial charge in [-0.1, -0.05) is 0 Å². The molecule has 0 saturated carbocycles. The van der Waals surface area contributed by atoms with Gasteiger partial charge >= 0.3 is 17.9 Å². The van der Waals surface area contributed by atoms with Gasteiger partial charge in [0.15, 0.2) is 0 Å². The standard InChI is InChI=1S/C4H6O4.C3H6O3/c5-3(6)1-2-4(7)8;1-6-2-3(4)5/h1-2H2,(H,5,6)(H,7,8);2H2,1H3,(H,4,5). The number of rotatable bonds is 5. The van der Waals surface area contributed by atoms with E-state index in [4.69, 9.17) is 15.3 Å². The Balaban J connectivity index is 0. The molecule has 0 atom stereocenters. The first-order chi connectivity index (χ1) is 6.40. The summed E-state index contributed by atoms with van der Waals surface area (Å²) in [4.78, 5) is 28.8. The Bertz CT molecular complexity index is 184. The van der Waals surface area contributed by atoms with Crippen molar-refractivity contribution in [2.45, 2.75) is 12.8 Å². The Morgan fingerprint density at radius 1 is 0.929 bits per heavy atom. The van der Waals surface area contributed by atoms with Crippen molar-refractivity contribution in [2.24, 2.45) is 0 Å². The number of aliphatic carboxylic acids is 3. The predicted molar refractivity (Wildman–Crippen MR) is 44.0 cm³/mol. The fraction of sp³-hybridized carbons (Fsp3) is 0.571. The van der Waals surface area contributed by atoms with Crippen LogP contribution in [0.25, 0.3) is 0 Å². The molecule has 0 aromatic heterocycles. The van der Waals surface area contributed by atoms with Crippen LogP contribution in [0.2, 0.25) is 0 Å². The van der Waals surface area contributed by atoms with Crippen LogP contribution >= 0.6 is 0 Å². The number of hydrogen-bond acceptors (Lipinski definition) is 4. The van der Waals surface area contributed by atoms with Gasteiger partial charge in [0.25, 0.3) is 0 Å². The molecule has 0 radical (unpaired) electrons. The van der Waals surface area contributed by atoms with Crippen LogP contribution in [0.15, 0.2) is 0 Å². The predicted octanol–water partition coefficient (Wildman–Crippen LogP) is -0.347. The minimum Gasteiger partial charge on any atom is -0.481 e. The molecule has 0 spiro atoms. The third kappa shape index (κ3) is 22.4. The van der Waals surface area contributed by atoms with Crippen LogP contribution in [-0.4, -0.2) is 46.9 Å². The second kappa shape index (κ2) is 9.46. The highest BCUT2D eigenvalue weighted by Crippen LogP contribution is 1.86.